The van der Waals surface area contributed by atoms with Gasteiger partial charge in [0.15, 0.2) is 0 Å². The van der Waals surface area contributed by atoms with E-state index in [0.717, 1.165) is 17.7 Å². The van der Waals surface area contributed by atoms with Gasteiger partial charge in [0, 0.05) is 5.56 Å². The zero-order valence-electron chi connectivity index (χ0n) is 12.2. The van der Waals surface area contributed by atoms with Crippen molar-refractivity contribution in [2.75, 3.05) is 6.61 Å². The second kappa shape index (κ2) is 6.52. The number of ether oxygens (including phenoxy) is 1. The van der Waals surface area contributed by atoms with Crippen LogP contribution in [0.4, 0.5) is 0 Å². The molecule has 0 fully saturated rings. The first kappa shape index (κ1) is 14.5. The number of aromatic nitrogens is 2. The largest absolute Gasteiger partial charge is 0.494 e. The summed E-state index contributed by atoms with van der Waals surface area (Å²) in [6.07, 6.45) is 0.820. The Balaban J connectivity index is 2.17. The molecule has 5 nitrogen and oxygen atoms in total. The Morgan fingerprint density at radius 1 is 1.35 bits per heavy atom. The SMILES string of the molecule is CCOc1cccc(-c2noc([C@H](N)CC(C)C)n2)c1. The minimum atomic E-state index is -0.216. The van der Waals surface area contributed by atoms with Gasteiger partial charge in [-0.3, -0.25) is 0 Å². The van der Waals surface area contributed by atoms with E-state index in [-0.39, 0.29) is 6.04 Å². The van der Waals surface area contributed by atoms with Crippen molar-refractivity contribution in [3.63, 3.8) is 0 Å². The average molecular weight is 275 g/mol. The molecule has 1 heterocycles. The van der Waals surface area contributed by atoms with E-state index >= 15 is 0 Å². The lowest BCUT2D eigenvalue weighted by Gasteiger charge is -2.08. The van der Waals surface area contributed by atoms with Gasteiger partial charge in [-0.15, -0.1) is 0 Å². The lowest BCUT2D eigenvalue weighted by Crippen LogP contribution is -2.13. The Morgan fingerprint density at radius 3 is 2.85 bits per heavy atom. The van der Waals surface area contributed by atoms with Crippen LogP contribution in [0, 0.1) is 5.92 Å². The Morgan fingerprint density at radius 2 is 2.15 bits per heavy atom. The van der Waals surface area contributed by atoms with Gasteiger partial charge in [0.2, 0.25) is 11.7 Å². The first-order chi connectivity index (χ1) is 9.60. The molecule has 2 rings (SSSR count). The number of nitrogens with zero attached hydrogens (tertiary/aromatic N) is 2. The third-order valence-electron chi connectivity index (χ3n) is 2.89. The maximum atomic E-state index is 6.04. The molecule has 1 atom stereocenters. The number of rotatable bonds is 6. The molecule has 0 amide bonds. The maximum Gasteiger partial charge on any atom is 0.243 e. The van der Waals surface area contributed by atoms with Crippen molar-refractivity contribution in [2.45, 2.75) is 33.2 Å². The summed E-state index contributed by atoms with van der Waals surface area (Å²) in [7, 11) is 0. The molecule has 0 aliphatic carbocycles. The van der Waals surface area contributed by atoms with E-state index in [1.165, 1.54) is 0 Å². The van der Waals surface area contributed by atoms with E-state index in [4.69, 9.17) is 15.0 Å². The van der Waals surface area contributed by atoms with E-state index in [0.29, 0.717) is 24.2 Å². The van der Waals surface area contributed by atoms with Crippen molar-refractivity contribution in [1.82, 2.24) is 10.1 Å². The number of hydrogen-bond acceptors (Lipinski definition) is 5. The molecule has 1 aromatic heterocycles. The second-order valence-corrected chi connectivity index (χ2v) is 5.15. The Labute approximate surface area is 119 Å². The fraction of sp³-hybridized carbons (Fsp3) is 0.467. The molecule has 0 saturated heterocycles. The average Bonchev–Trinajstić information content (AvgIpc) is 2.88. The molecule has 0 spiro atoms. The van der Waals surface area contributed by atoms with Crippen molar-refractivity contribution in [1.29, 1.82) is 0 Å². The summed E-state index contributed by atoms with van der Waals surface area (Å²) in [5.74, 6) is 2.31. The number of benzene rings is 1. The highest BCUT2D eigenvalue weighted by atomic mass is 16.5. The third kappa shape index (κ3) is 3.57. The summed E-state index contributed by atoms with van der Waals surface area (Å²) < 4.78 is 10.7. The first-order valence-electron chi connectivity index (χ1n) is 6.92. The molecule has 0 aliphatic heterocycles. The molecule has 0 bridgehead atoms. The lowest BCUT2D eigenvalue weighted by molar-refractivity contribution is 0.335. The van der Waals surface area contributed by atoms with Gasteiger partial charge in [0.05, 0.1) is 12.6 Å². The third-order valence-corrected chi connectivity index (χ3v) is 2.89. The highest BCUT2D eigenvalue weighted by Crippen LogP contribution is 2.24. The van der Waals surface area contributed by atoms with Crippen LogP contribution in [-0.4, -0.2) is 16.7 Å². The summed E-state index contributed by atoms with van der Waals surface area (Å²) in [5.41, 5.74) is 6.91. The van der Waals surface area contributed by atoms with Gasteiger partial charge >= 0.3 is 0 Å². The highest BCUT2D eigenvalue weighted by Gasteiger charge is 2.17. The Hall–Kier alpha value is -1.88. The van der Waals surface area contributed by atoms with Crippen molar-refractivity contribution >= 4 is 0 Å². The van der Waals surface area contributed by atoms with Crippen molar-refractivity contribution in [3.8, 4) is 17.1 Å². The molecule has 5 heteroatoms. The summed E-state index contributed by atoms with van der Waals surface area (Å²) in [4.78, 5) is 4.38. The van der Waals surface area contributed by atoms with Crippen molar-refractivity contribution < 1.29 is 9.26 Å². The molecule has 0 saturated carbocycles. The van der Waals surface area contributed by atoms with Crippen LogP contribution in [0.2, 0.25) is 0 Å². The topological polar surface area (TPSA) is 74.2 Å². The molecule has 20 heavy (non-hydrogen) atoms. The summed E-state index contributed by atoms with van der Waals surface area (Å²) in [6, 6.07) is 7.41. The molecule has 2 N–H and O–H groups in total. The minimum Gasteiger partial charge on any atom is -0.494 e. The van der Waals surface area contributed by atoms with Crippen LogP contribution in [0.25, 0.3) is 11.4 Å². The van der Waals surface area contributed by atoms with Gasteiger partial charge in [-0.1, -0.05) is 31.1 Å². The number of nitrogens with two attached hydrogens (primary N) is 1. The van der Waals surface area contributed by atoms with Gasteiger partial charge in [-0.2, -0.15) is 4.98 Å². The monoisotopic (exact) mass is 275 g/mol. The lowest BCUT2D eigenvalue weighted by atomic mass is 10.0. The fourth-order valence-corrected chi connectivity index (χ4v) is 2.00. The first-order valence-corrected chi connectivity index (χ1v) is 6.92. The van der Waals surface area contributed by atoms with E-state index in [1.807, 2.05) is 31.2 Å². The summed E-state index contributed by atoms with van der Waals surface area (Å²) in [5, 5.41) is 3.99. The molecule has 0 radical (unpaired) electrons. The minimum absolute atomic E-state index is 0.216. The predicted octanol–water partition coefficient (Wildman–Crippen LogP) is 3.18. The maximum absolute atomic E-state index is 6.04. The predicted molar refractivity (Wildman–Crippen MR) is 77.3 cm³/mol. The molecule has 0 unspecified atom stereocenters. The van der Waals surface area contributed by atoms with Crippen molar-refractivity contribution in [3.05, 3.63) is 30.2 Å². The molecular weight excluding hydrogens is 254 g/mol. The fourth-order valence-electron chi connectivity index (χ4n) is 2.00. The van der Waals surface area contributed by atoms with E-state index in [2.05, 4.69) is 24.0 Å². The molecule has 108 valence electrons. The van der Waals surface area contributed by atoms with Gasteiger partial charge in [0.25, 0.3) is 0 Å². The molecule has 0 aliphatic rings. The van der Waals surface area contributed by atoms with Crippen LogP contribution in [-0.2, 0) is 0 Å². The smallest absolute Gasteiger partial charge is 0.243 e. The molecular formula is C15H21N3O2. The van der Waals surface area contributed by atoms with Crippen LogP contribution < -0.4 is 10.5 Å². The molecule has 1 aromatic carbocycles. The Kier molecular flexibility index (Phi) is 4.74. The van der Waals surface area contributed by atoms with Gasteiger partial charge in [-0.25, -0.2) is 0 Å². The van der Waals surface area contributed by atoms with E-state index in [9.17, 15) is 0 Å². The van der Waals surface area contributed by atoms with Gasteiger partial charge in [-0.05, 0) is 31.4 Å². The second-order valence-electron chi connectivity index (χ2n) is 5.15. The highest BCUT2D eigenvalue weighted by molar-refractivity contribution is 5.56. The van der Waals surface area contributed by atoms with Crippen LogP contribution in [0.3, 0.4) is 0 Å². The normalized spacial score (nSPS) is 12.7. The standard InChI is InChI=1S/C15H21N3O2/c1-4-19-12-7-5-6-11(9-12)14-17-15(20-18-14)13(16)8-10(2)3/h5-7,9-10,13H,4,8,16H2,1-3H3/t13-/m1/s1. The zero-order chi connectivity index (χ0) is 14.5. The van der Waals surface area contributed by atoms with E-state index in [1.54, 1.807) is 0 Å². The zero-order valence-corrected chi connectivity index (χ0v) is 12.2. The Bertz CT molecular complexity index is 552. The quantitative estimate of drug-likeness (QED) is 0.876. The van der Waals surface area contributed by atoms with Gasteiger partial charge in [0.1, 0.15) is 5.75 Å². The number of hydrogen-bond donors (Lipinski definition) is 1. The van der Waals surface area contributed by atoms with E-state index < -0.39 is 0 Å². The van der Waals surface area contributed by atoms with Crippen LogP contribution in [0.15, 0.2) is 28.8 Å². The van der Waals surface area contributed by atoms with Crippen molar-refractivity contribution in [2.24, 2.45) is 11.7 Å². The van der Waals surface area contributed by atoms with Crippen LogP contribution in [0.1, 0.15) is 39.1 Å². The van der Waals surface area contributed by atoms with Gasteiger partial charge < -0.3 is 15.0 Å². The molecule has 2 aromatic rings. The summed E-state index contributed by atoms with van der Waals surface area (Å²) in [6.45, 7) is 6.80. The van der Waals surface area contributed by atoms with Crippen LogP contribution >= 0.6 is 0 Å². The summed E-state index contributed by atoms with van der Waals surface area (Å²) >= 11 is 0. The van der Waals surface area contributed by atoms with Crippen LogP contribution in [0.5, 0.6) is 5.75 Å².